The molecule has 0 spiro atoms. The van der Waals surface area contributed by atoms with Gasteiger partial charge in [-0.05, 0) is 73.2 Å². The van der Waals surface area contributed by atoms with E-state index in [1.807, 2.05) is 63.7 Å². The molecule has 2 unspecified atom stereocenters. The van der Waals surface area contributed by atoms with Crippen LogP contribution < -0.4 is 25.6 Å². The van der Waals surface area contributed by atoms with E-state index >= 15 is 0 Å². The second-order valence-electron chi connectivity index (χ2n) is 16.7. The SMILES string of the molecule is CC(C)N1CN(C2c3ccccc3CSc3ccccc32)n2ccc(=O)c(O)c2C1=O.COCOc1c2n(ccc1=O)N(C1c3ccccc3CSc3ccccc31)CN(C(C)C)C2=O. The number of hydrogen-bond donors (Lipinski definition) is 1. The van der Waals surface area contributed by atoms with E-state index in [2.05, 4.69) is 82.8 Å². The van der Waals surface area contributed by atoms with Crippen LogP contribution in [0, 0.1) is 0 Å². The third kappa shape index (κ3) is 7.95. The van der Waals surface area contributed by atoms with Crippen molar-refractivity contribution in [2.24, 2.45) is 0 Å². The minimum Gasteiger partial charge on any atom is -0.502 e. The Bertz CT molecular complexity index is 2820. The Morgan fingerprint density at radius 1 is 0.585 bits per heavy atom. The smallest absolute Gasteiger partial charge is 0.278 e. The van der Waals surface area contributed by atoms with E-state index in [4.69, 9.17) is 9.47 Å². The zero-order valence-electron chi connectivity index (χ0n) is 36.8. The second kappa shape index (κ2) is 18.2. The first-order valence-corrected chi connectivity index (χ1v) is 23.5. The Kier molecular flexibility index (Phi) is 12.3. The van der Waals surface area contributed by atoms with Gasteiger partial charge in [0.25, 0.3) is 11.8 Å². The molecular formula is C50H50N6O7S2. The molecule has 0 aliphatic carbocycles. The second-order valence-corrected chi connectivity index (χ2v) is 18.8. The molecule has 13 nitrogen and oxygen atoms in total. The van der Waals surface area contributed by atoms with Gasteiger partial charge in [-0.3, -0.25) is 38.5 Å². The molecule has 6 aromatic rings. The summed E-state index contributed by atoms with van der Waals surface area (Å²) in [5.74, 6) is 0.642. The monoisotopic (exact) mass is 910 g/mol. The summed E-state index contributed by atoms with van der Waals surface area (Å²) in [5.41, 5.74) is 6.45. The van der Waals surface area contributed by atoms with Gasteiger partial charge in [-0.25, -0.2) is 0 Å². The lowest BCUT2D eigenvalue weighted by atomic mass is 9.94. The molecule has 10 rings (SSSR count). The van der Waals surface area contributed by atoms with Gasteiger partial charge in [0.1, 0.15) is 13.3 Å². The lowest BCUT2D eigenvalue weighted by Crippen LogP contribution is -2.57. The van der Waals surface area contributed by atoms with Crippen LogP contribution in [-0.2, 0) is 16.2 Å². The molecule has 65 heavy (non-hydrogen) atoms. The number of aromatic hydroxyl groups is 1. The van der Waals surface area contributed by atoms with E-state index in [9.17, 15) is 24.3 Å². The van der Waals surface area contributed by atoms with E-state index in [1.54, 1.807) is 43.3 Å². The number of fused-ring (bicyclic) bond motifs is 6. The first kappa shape index (κ1) is 43.8. The number of hydrogen-bond acceptors (Lipinski definition) is 11. The number of pyridine rings is 2. The molecule has 4 aliphatic rings. The normalized spacial score (nSPS) is 17.5. The highest BCUT2D eigenvalue weighted by Gasteiger charge is 2.41. The molecular weight excluding hydrogens is 861 g/mol. The third-order valence-electron chi connectivity index (χ3n) is 12.2. The van der Waals surface area contributed by atoms with Crippen molar-refractivity contribution in [3.63, 3.8) is 0 Å². The number of amides is 2. The van der Waals surface area contributed by atoms with Crippen LogP contribution in [0.3, 0.4) is 0 Å². The van der Waals surface area contributed by atoms with Gasteiger partial charge in [-0.1, -0.05) is 84.9 Å². The number of benzene rings is 4. The van der Waals surface area contributed by atoms with Crippen LogP contribution in [0.1, 0.15) is 94.1 Å². The number of nitrogens with zero attached hydrogens (tertiary/aromatic N) is 6. The topological polar surface area (TPSA) is 130 Å². The van der Waals surface area contributed by atoms with Crippen LogP contribution in [0.2, 0.25) is 0 Å². The maximum Gasteiger partial charge on any atom is 0.278 e. The van der Waals surface area contributed by atoms with Crippen molar-refractivity contribution >= 4 is 35.3 Å². The fourth-order valence-corrected chi connectivity index (χ4v) is 11.2. The standard InChI is InChI=1S/C26H27N3O4S.C24H23N3O3S/c1-17(2)27-15-29(28-13-12-21(30)25(33-16-32-3)24(28)26(27)31)23-19-9-5-4-8-18(19)14-34-22-11-7-6-10-20(22)23;1-15(2)25-14-27(26-12-11-19(28)23(29)22(26)24(25)30)21-17-8-4-3-7-16(17)13-31-20-10-6-5-9-18(20)21/h4-13,17,23H,14-16H2,1-3H3;3-12,15,21,29H,13-14H2,1-2H3. The largest absolute Gasteiger partial charge is 0.502 e. The highest BCUT2D eigenvalue weighted by atomic mass is 32.2. The predicted octanol–water partition coefficient (Wildman–Crippen LogP) is 7.69. The summed E-state index contributed by atoms with van der Waals surface area (Å²) in [6.07, 6.45) is 3.27. The number of thioether (sulfide) groups is 2. The third-order valence-corrected chi connectivity index (χ3v) is 14.5. The maximum atomic E-state index is 13.6. The molecule has 1 N–H and O–H groups in total. The fraction of sp³-hybridized carbons (Fsp3) is 0.280. The first-order chi connectivity index (χ1) is 31.5. The first-order valence-electron chi connectivity index (χ1n) is 21.5. The summed E-state index contributed by atoms with van der Waals surface area (Å²) >= 11 is 3.62. The number of carbonyl (C=O) groups is 2. The van der Waals surface area contributed by atoms with Crippen LogP contribution in [0.25, 0.3) is 0 Å². The summed E-state index contributed by atoms with van der Waals surface area (Å²) in [5, 5.41) is 14.8. The Morgan fingerprint density at radius 3 is 1.51 bits per heavy atom. The molecule has 2 aromatic heterocycles. The molecule has 4 aliphatic heterocycles. The van der Waals surface area contributed by atoms with Crippen molar-refractivity contribution in [1.29, 1.82) is 0 Å². The van der Waals surface area contributed by atoms with Gasteiger partial charge in [0.2, 0.25) is 16.6 Å². The van der Waals surface area contributed by atoms with E-state index in [1.165, 1.54) is 51.3 Å². The Labute approximate surface area is 385 Å². The van der Waals surface area contributed by atoms with Crippen molar-refractivity contribution in [3.8, 4) is 11.5 Å². The van der Waals surface area contributed by atoms with Crippen molar-refractivity contribution in [1.82, 2.24) is 19.2 Å². The van der Waals surface area contributed by atoms with Crippen molar-refractivity contribution in [2.75, 3.05) is 37.3 Å². The van der Waals surface area contributed by atoms with Gasteiger partial charge >= 0.3 is 0 Å². The number of carbonyl (C=O) groups excluding carboxylic acids is 2. The van der Waals surface area contributed by atoms with Gasteiger partial charge < -0.3 is 24.4 Å². The summed E-state index contributed by atoms with van der Waals surface area (Å²) in [7, 11) is 1.48. The van der Waals surface area contributed by atoms with Crippen molar-refractivity contribution in [2.45, 2.75) is 73.2 Å². The predicted molar refractivity (Wildman–Crippen MR) is 253 cm³/mol. The summed E-state index contributed by atoms with van der Waals surface area (Å²) in [6, 6.07) is 35.7. The average molecular weight is 911 g/mol. The Morgan fingerprint density at radius 2 is 1.02 bits per heavy atom. The number of methoxy groups -OCH3 is 1. The summed E-state index contributed by atoms with van der Waals surface area (Å²) in [6.45, 7) is 8.43. The van der Waals surface area contributed by atoms with Gasteiger partial charge in [-0.15, -0.1) is 23.5 Å². The number of ether oxygens (including phenoxy) is 2. The minimum atomic E-state index is -0.553. The lowest BCUT2D eigenvalue weighted by Gasteiger charge is -2.45. The zero-order chi connectivity index (χ0) is 45.5. The molecule has 334 valence electrons. The highest BCUT2D eigenvalue weighted by molar-refractivity contribution is 7.98. The van der Waals surface area contributed by atoms with Crippen LogP contribution in [-0.4, -0.2) is 75.4 Å². The van der Waals surface area contributed by atoms with Crippen LogP contribution in [0.5, 0.6) is 11.5 Å². The molecule has 0 bridgehead atoms. The van der Waals surface area contributed by atoms with Crippen LogP contribution in [0.4, 0.5) is 0 Å². The fourth-order valence-electron chi connectivity index (χ4n) is 8.99. The maximum absolute atomic E-state index is 13.6. The van der Waals surface area contributed by atoms with E-state index in [0.29, 0.717) is 13.3 Å². The van der Waals surface area contributed by atoms with Gasteiger partial charge in [0.15, 0.2) is 23.9 Å². The van der Waals surface area contributed by atoms with E-state index < -0.39 is 11.2 Å². The highest BCUT2D eigenvalue weighted by Crippen LogP contribution is 2.45. The molecule has 4 aromatic carbocycles. The van der Waals surface area contributed by atoms with Gasteiger partial charge in [0, 0.05) is 65.0 Å². The van der Waals surface area contributed by atoms with E-state index in [0.717, 1.165) is 22.6 Å². The number of rotatable bonds is 7. The molecule has 0 fully saturated rings. The summed E-state index contributed by atoms with van der Waals surface area (Å²) < 4.78 is 14.1. The van der Waals surface area contributed by atoms with Gasteiger partial charge in [0.05, 0.1) is 12.1 Å². The molecule has 0 radical (unpaired) electrons. The van der Waals surface area contributed by atoms with Crippen molar-refractivity contribution in [3.05, 3.63) is 187 Å². The van der Waals surface area contributed by atoms with Crippen molar-refractivity contribution < 1.29 is 24.2 Å². The zero-order valence-corrected chi connectivity index (χ0v) is 38.4. The van der Waals surface area contributed by atoms with Crippen LogP contribution in [0.15, 0.2) is 141 Å². The summed E-state index contributed by atoms with van der Waals surface area (Å²) in [4.78, 5) is 57.6. The molecule has 2 atom stereocenters. The molecule has 0 saturated carbocycles. The lowest BCUT2D eigenvalue weighted by molar-refractivity contribution is 0.0442. The Hall–Kier alpha value is -6.42. The quantitative estimate of drug-likeness (QED) is 0.158. The molecule has 6 heterocycles. The molecule has 2 amide bonds. The van der Waals surface area contributed by atoms with E-state index in [-0.39, 0.29) is 65.3 Å². The Balaban J connectivity index is 0.000000165. The average Bonchev–Trinajstić information content (AvgIpc) is 3.58. The molecule has 0 saturated heterocycles. The number of aromatic nitrogens is 2. The molecule has 15 heteroatoms. The van der Waals surface area contributed by atoms with Gasteiger partial charge in [-0.2, -0.15) is 0 Å². The van der Waals surface area contributed by atoms with Crippen LogP contribution >= 0.6 is 23.5 Å². The minimum absolute atomic E-state index is 0.00858.